The van der Waals surface area contributed by atoms with Crippen molar-refractivity contribution in [1.29, 1.82) is 0 Å². The topological polar surface area (TPSA) is 46.5 Å². The number of hydrogen-bond donors (Lipinski definition) is 1. The van der Waals surface area contributed by atoms with Crippen LogP contribution in [0.5, 0.6) is 0 Å². The number of nitrogens with zero attached hydrogens (tertiary/aromatic N) is 2. The van der Waals surface area contributed by atoms with Crippen LogP contribution in [0.2, 0.25) is 10.0 Å². The molecule has 0 fully saturated rings. The number of anilines is 1. The first-order chi connectivity index (χ1) is 14.6. The van der Waals surface area contributed by atoms with Gasteiger partial charge in [-0.3, -0.25) is 0 Å². The van der Waals surface area contributed by atoms with Gasteiger partial charge >= 0.3 is 6.03 Å². The molecule has 158 valence electrons. The van der Waals surface area contributed by atoms with Crippen LogP contribution in [-0.4, -0.2) is 35.8 Å². The van der Waals surface area contributed by atoms with Crippen LogP contribution in [0.15, 0.2) is 66.9 Å². The molecule has 0 radical (unpaired) electrons. The summed E-state index contributed by atoms with van der Waals surface area (Å²) < 4.78 is 7.27. The van der Waals surface area contributed by atoms with Crippen LogP contribution >= 0.6 is 23.2 Å². The van der Waals surface area contributed by atoms with E-state index in [1.54, 1.807) is 36.3 Å². The van der Waals surface area contributed by atoms with Gasteiger partial charge in [0.2, 0.25) is 0 Å². The van der Waals surface area contributed by atoms with E-state index in [2.05, 4.69) is 9.88 Å². The van der Waals surface area contributed by atoms with Crippen LogP contribution in [0.4, 0.5) is 10.5 Å². The molecule has 0 aliphatic carbocycles. The fourth-order valence-electron chi connectivity index (χ4n) is 3.14. The lowest BCUT2D eigenvalue weighted by Crippen LogP contribution is -2.36. The number of ether oxygens (including phenoxy) is 1. The molecule has 1 N–H and O–H groups in total. The molecule has 3 rings (SSSR count). The zero-order chi connectivity index (χ0) is 21.3. The van der Waals surface area contributed by atoms with Gasteiger partial charge in [-0.25, -0.2) is 4.79 Å². The number of urea groups is 1. The zero-order valence-electron chi connectivity index (χ0n) is 16.9. The normalized spacial score (nSPS) is 10.8. The molecule has 30 heavy (non-hydrogen) atoms. The lowest BCUT2D eigenvalue weighted by Gasteiger charge is -2.24. The molecule has 5 nitrogen and oxygen atoms in total. The summed E-state index contributed by atoms with van der Waals surface area (Å²) in [6.45, 7) is 2.28. The van der Waals surface area contributed by atoms with E-state index >= 15 is 0 Å². The maximum atomic E-state index is 13.0. The second kappa shape index (κ2) is 11.1. The maximum Gasteiger partial charge on any atom is 0.322 e. The lowest BCUT2D eigenvalue weighted by molar-refractivity contribution is 0.171. The van der Waals surface area contributed by atoms with E-state index in [1.165, 1.54) is 0 Å². The minimum absolute atomic E-state index is 0.168. The Balaban J connectivity index is 1.73. The van der Waals surface area contributed by atoms with Gasteiger partial charge in [-0.2, -0.15) is 0 Å². The Bertz CT molecular complexity index is 957. The zero-order valence-corrected chi connectivity index (χ0v) is 18.4. The first-order valence-corrected chi connectivity index (χ1v) is 10.5. The summed E-state index contributed by atoms with van der Waals surface area (Å²) >= 11 is 12.3. The van der Waals surface area contributed by atoms with Gasteiger partial charge in [0.05, 0.1) is 6.54 Å². The Morgan fingerprint density at radius 1 is 1.07 bits per heavy atom. The highest BCUT2D eigenvalue weighted by atomic mass is 35.5. The van der Waals surface area contributed by atoms with E-state index in [-0.39, 0.29) is 6.03 Å². The van der Waals surface area contributed by atoms with E-state index < -0.39 is 0 Å². The van der Waals surface area contributed by atoms with Crippen molar-refractivity contribution in [2.75, 3.05) is 25.6 Å². The number of halogens is 2. The van der Waals surface area contributed by atoms with Gasteiger partial charge in [0.25, 0.3) is 0 Å². The number of amides is 2. The molecular formula is C23H25Cl2N3O2. The Morgan fingerprint density at radius 2 is 1.83 bits per heavy atom. The highest BCUT2D eigenvalue weighted by Gasteiger charge is 2.16. The molecule has 0 spiro atoms. The summed E-state index contributed by atoms with van der Waals surface area (Å²) in [7, 11) is 1.66. The van der Waals surface area contributed by atoms with Crippen molar-refractivity contribution in [3.05, 3.63) is 88.2 Å². The monoisotopic (exact) mass is 445 g/mol. The Kier molecular flexibility index (Phi) is 8.20. The number of benzene rings is 2. The third-order valence-electron chi connectivity index (χ3n) is 4.73. The fraction of sp³-hybridized carbons (Fsp3) is 0.261. The van der Waals surface area contributed by atoms with Crippen LogP contribution in [0.3, 0.4) is 0 Å². The van der Waals surface area contributed by atoms with Crippen molar-refractivity contribution >= 4 is 34.9 Å². The molecule has 1 aromatic heterocycles. The molecule has 0 aliphatic heterocycles. The third kappa shape index (κ3) is 6.26. The quantitative estimate of drug-likeness (QED) is 0.415. The number of carbonyl (C=O) groups is 1. The molecule has 3 aromatic rings. The standard InChI is InChI=1S/C23H25Cl2N3O2/c1-30-15-5-14-28(23(29)26-20-11-9-19(24)10-12-20)17-21-7-4-13-27(21)16-18-6-2-3-8-22(18)25/h2-4,6-13H,5,14-17H2,1H3,(H,26,29). The predicted octanol–water partition coefficient (Wildman–Crippen LogP) is 5.91. The SMILES string of the molecule is COCCCN(Cc1cccn1Cc1ccccc1Cl)C(=O)Nc1ccc(Cl)cc1. The molecule has 1 heterocycles. The number of nitrogens with one attached hydrogen (secondary N) is 1. The molecule has 2 aromatic carbocycles. The van der Waals surface area contributed by atoms with Gasteiger partial charge in [-0.05, 0) is 54.4 Å². The summed E-state index contributed by atoms with van der Waals surface area (Å²) in [6, 6.07) is 18.7. The van der Waals surface area contributed by atoms with Gasteiger partial charge in [-0.15, -0.1) is 0 Å². The number of rotatable bonds is 9. The number of hydrogen-bond acceptors (Lipinski definition) is 2. The Morgan fingerprint density at radius 3 is 2.57 bits per heavy atom. The molecule has 0 atom stereocenters. The average molecular weight is 446 g/mol. The van der Waals surface area contributed by atoms with Crippen molar-refractivity contribution in [1.82, 2.24) is 9.47 Å². The molecule has 0 saturated heterocycles. The van der Waals surface area contributed by atoms with Crippen LogP contribution in [0, 0.1) is 0 Å². The van der Waals surface area contributed by atoms with Gasteiger partial charge < -0.3 is 19.5 Å². The maximum absolute atomic E-state index is 13.0. The molecule has 7 heteroatoms. The highest BCUT2D eigenvalue weighted by Crippen LogP contribution is 2.19. The summed E-state index contributed by atoms with van der Waals surface area (Å²) in [6.07, 6.45) is 2.75. The van der Waals surface area contributed by atoms with E-state index in [0.717, 1.165) is 22.7 Å². The number of aromatic nitrogens is 1. The van der Waals surface area contributed by atoms with E-state index in [4.69, 9.17) is 27.9 Å². The van der Waals surface area contributed by atoms with Gasteiger partial charge in [0.15, 0.2) is 0 Å². The first kappa shape index (κ1) is 22.2. The largest absolute Gasteiger partial charge is 0.385 e. The van der Waals surface area contributed by atoms with Crippen molar-refractivity contribution in [3.63, 3.8) is 0 Å². The summed E-state index contributed by atoms with van der Waals surface area (Å²) in [4.78, 5) is 14.7. The fourth-order valence-corrected chi connectivity index (χ4v) is 3.46. The third-order valence-corrected chi connectivity index (χ3v) is 5.35. The van der Waals surface area contributed by atoms with Crippen LogP contribution in [0.1, 0.15) is 17.7 Å². The summed E-state index contributed by atoms with van der Waals surface area (Å²) in [5.74, 6) is 0. The first-order valence-electron chi connectivity index (χ1n) is 9.74. The van der Waals surface area contributed by atoms with Crippen molar-refractivity contribution < 1.29 is 9.53 Å². The van der Waals surface area contributed by atoms with Crippen molar-refractivity contribution in [2.24, 2.45) is 0 Å². The Labute approximate surface area is 187 Å². The second-order valence-corrected chi connectivity index (χ2v) is 7.77. The van der Waals surface area contributed by atoms with Gasteiger partial charge in [0.1, 0.15) is 0 Å². The smallest absolute Gasteiger partial charge is 0.322 e. The number of carbonyl (C=O) groups excluding carboxylic acids is 1. The number of methoxy groups -OCH3 is 1. The molecule has 0 bridgehead atoms. The molecule has 2 amide bonds. The minimum Gasteiger partial charge on any atom is -0.385 e. The predicted molar refractivity (Wildman–Crippen MR) is 122 cm³/mol. The van der Waals surface area contributed by atoms with Crippen LogP contribution < -0.4 is 5.32 Å². The summed E-state index contributed by atoms with van der Waals surface area (Å²) in [5, 5.41) is 4.30. The van der Waals surface area contributed by atoms with Crippen LogP contribution in [-0.2, 0) is 17.8 Å². The second-order valence-electron chi connectivity index (χ2n) is 6.92. The molecule has 0 unspecified atom stereocenters. The molecular weight excluding hydrogens is 421 g/mol. The highest BCUT2D eigenvalue weighted by molar-refractivity contribution is 6.31. The molecule has 0 aliphatic rings. The van der Waals surface area contributed by atoms with Gasteiger partial charge in [0, 0.05) is 54.4 Å². The lowest BCUT2D eigenvalue weighted by atomic mass is 10.2. The van der Waals surface area contributed by atoms with E-state index in [9.17, 15) is 4.79 Å². The van der Waals surface area contributed by atoms with Crippen molar-refractivity contribution in [2.45, 2.75) is 19.5 Å². The van der Waals surface area contributed by atoms with Gasteiger partial charge in [-0.1, -0.05) is 41.4 Å². The van der Waals surface area contributed by atoms with E-state index in [1.807, 2.05) is 42.6 Å². The van der Waals surface area contributed by atoms with E-state index in [0.29, 0.717) is 37.0 Å². The Hall–Kier alpha value is -2.47. The van der Waals surface area contributed by atoms with Crippen LogP contribution in [0.25, 0.3) is 0 Å². The minimum atomic E-state index is -0.168. The summed E-state index contributed by atoms with van der Waals surface area (Å²) in [5.41, 5.74) is 2.76. The average Bonchev–Trinajstić information content (AvgIpc) is 3.17. The molecule has 0 saturated carbocycles. The van der Waals surface area contributed by atoms with Crippen molar-refractivity contribution in [3.8, 4) is 0 Å².